The molecular formula is C12H17ClN2O3. The molecule has 4 N–H and O–H groups in total. The SMILES string of the molecule is C[C@@H](N)C(=O)N[C@H](CC(=O)O)c1ccccc1.Cl. The predicted molar refractivity (Wildman–Crippen MR) is 70.5 cm³/mol. The zero-order chi connectivity index (χ0) is 12.8. The minimum Gasteiger partial charge on any atom is -0.481 e. The number of carbonyl (C=O) groups is 2. The quantitative estimate of drug-likeness (QED) is 0.748. The summed E-state index contributed by atoms with van der Waals surface area (Å²) in [5.74, 6) is -1.33. The van der Waals surface area contributed by atoms with Crippen LogP contribution in [-0.4, -0.2) is 23.0 Å². The molecule has 2 atom stereocenters. The average molecular weight is 273 g/mol. The molecule has 0 radical (unpaired) electrons. The molecule has 0 aromatic heterocycles. The largest absolute Gasteiger partial charge is 0.481 e. The maximum atomic E-state index is 11.5. The minimum atomic E-state index is -0.969. The van der Waals surface area contributed by atoms with Crippen LogP contribution in [-0.2, 0) is 9.59 Å². The first kappa shape index (κ1) is 16.4. The lowest BCUT2D eigenvalue weighted by Gasteiger charge is -2.18. The van der Waals surface area contributed by atoms with E-state index in [1.54, 1.807) is 31.2 Å². The van der Waals surface area contributed by atoms with Crippen molar-refractivity contribution < 1.29 is 14.7 Å². The van der Waals surface area contributed by atoms with E-state index in [1.165, 1.54) is 0 Å². The maximum Gasteiger partial charge on any atom is 0.305 e. The lowest BCUT2D eigenvalue weighted by molar-refractivity contribution is -0.137. The van der Waals surface area contributed by atoms with Crippen molar-refractivity contribution >= 4 is 24.3 Å². The Bertz CT molecular complexity index is 396. The second-order valence-electron chi connectivity index (χ2n) is 3.86. The number of halogens is 1. The molecule has 1 aromatic rings. The van der Waals surface area contributed by atoms with Gasteiger partial charge in [0, 0.05) is 0 Å². The van der Waals surface area contributed by atoms with Crippen molar-refractivity contribution in [2.24, 2.45) is 5.73 Å². The Labute approximate surface area is 112 Å². The molecule has 0 heterocycles. The third-order valence-corrected chi connectivity index (χ3v) is 2.31. The Morgan fingerprint density at radius 3 is 2.33 bits per heavy atom. The Balaban J connectivity index is 0.00000289. The van der Waals surface area contributed by atoms with Crippen molar-refractivity contribution in [1.82, 2.24) is 5.32 Å². The second kappa shape index (κ2) is 7.68. The van der Waals surface area contributed by atoms with Gasteiger partial charge in [-0.1, -0.05) is 30.3 Å². The fourth-order valence-electron chi connectivity index (χ4n) is 1.42. The summed E-state index contributed by atoms with van der Waals surface area (Å²) in [5.41, 5.74) is 6.19. The molecule has 0 saturated carbocycles. The molecule has 0 aliphatic heterocycles. The zero-order valence-electron chi connectivity index (χ0n) is 10.00. The molecule has 100 valence electrons. The molecular weight excluding hydrogens is 256 g/mol. The summed E-state index contributed by atoms with van der Waals surface area (Å²) in [6.07, 6.45) is -0.164. The van der Waals surface area contributed by atoms with Crippen LogP contribution in [0.15, 0.2) is 30.3 Å². The van der Waals surface area contributed by atoms with Gasteiger partial charge in [0.25, 0.3) is 0 Å². The van der Waals surface area contributed by atoms with E-state index in [0.717, 1.165) is 5.56 Å². The first-order valence-electron chi connectivity index (χ1n) is 5.33. The molecule has 0 aliphatic rings. The van der Waals surface area contributed by atoms with Crippen LogP contribution in [0.25, 0.3) is 0 Å². The summed E-state index contributed by atoms with van der Waals surface area (Å²) in [7, 11) is 0. The molecule has 1 amide bonds. The van der Waals surface area contributed by atoms with Gasteiger partial charge in [-0.2, -0.15) is 0 Å². The van der Waals surface area contributed by atoms with Gasteiger partial charge in [0.1, 0.15) is 0 Å². The van der Waals surface area contributed by atoms with E-state index < -0.39 is 18.1 Å². The summed E-state index contributed by atoms with van der Waals surface area (Å²) >= 11 is 0. The number of carboxylic acid groups (broad SMARTS) is 1. The number of aliphatic carboxylic acids is 1. The number of carbonyl (C=O) groups excluding carboxylic acids is 1. The fourth-order valence-corrected chi connectivity index (χ4v) is 1.42. The van der Waals surface area contributed by atoms with Gasteiger partial charge in [0.15, 0.2) is 0 Å². The zero-order valence-corrected chi connectivity index (χ0v) is 10.8. The van der Waals surface area contributed by atoms with Crippen LogP contribution in [0.1, 0.15) is 24.9 Å². The highest BCUT2D eigenvalue weighted by molar-refractivity contribution is 5.85. The van der Waals surface area contributed by atoms with Crippen molar-refractivity contribution in [2.45, 2.75) is 25.4 Å². The number of hydrogen-bond acceptors (Lipinski definition) is 3. The molecule has 5 nitrogen and oxygen atoms in total. The molecule has 18 heavy (non-hydrogen) atoms. The Kier molecular flexibility index (Phi) is 7.00. The van der Waals surface area contributed by atoms with Crippen LogP contribution >= 0.6 is 12.4 Å². The standard InChI is InChI=1S/C12H16N2O3.ClH/c1-8(13)12(17)14-10(7-11(15)16)9-5-3-2-4-6-9;/h2-6,8,10H,7,13H2,1H3,(H,14,17)(H,15,16);1H/t8-,10-;/m1./s1. The molecule has 0 unspecified atom stereocenters. The van der Waals surface area contributed by atoms with Crippen molar-refractivity contribution in [3.8, 4) is 0 Å². The summed E-state index contributed by atoms with van der Waals surface area (Å²) < 4.78 is 0. The first-order chi connectivity index (χ1) is 8.00. The average Bonchev–Trinajstić information content (AvgIpc) is 2.28. The van der Waals surface area contributed by atoms with E-state index in [-0.39, 0.29) is 24.7 Å². The summed E-state index contributed by atoms with van der Waals surface area (Å²) in [6, 6.07) is 7.76. The molecule has 1 aromatic carbocycles. The molecule has 0 saturated heterocycles. The number of rotatable bonds is 5. The lowest BCUT2D eigenvalue weighted by atomic mass is 10.0. The van der Waals surface area contributed by atoms with E-state index in [1.807, 2.05) is 6.07 Å². The van der Waals surface area contributed by atoms with Crippen LogP contribution in [0.2, 0.25) is 0 Å². The van der Waals surface area contributed by atoms with Gasteiger partial charge in [-0.25, -0.2) is 0 Å². The van der Waals surface area contributed by atoms with Gasteiger partial charge >= 0.3 is 5.97 Å². The van der Waals surface area contributed by atoms with Crippen molar-refractivity contribution in [3.63, 3.8) is 0 Å². The van der Waals surface area contributed by atoms with Gasteiger partial charge in [0.2, 0.25) is 5.91 Å². The van der Waals surface area contributed by atoms with Gasteiger partial charge < -0.3 is 16.2 Å². The third-order valence-electron chi connectivity index (χ3n) is 2.31. The van der Waals surface area contributed by atoms with Crippen LogP contribution < -0.4 is 11.1 Å². The molecule has 1 rings (SSSR count). The molecule has 0 fully saturated rings. The fraction of sp³-hybridized carbons (Fsp3) is 0.333. The van der Waals surface area contributed by atoms with E-state index in [2.05, 4.69) is 5.32 Å². The highest BCUT2D eigenvalue weighted by atomic mass is 35.5. The highest BCUT2D eigenvalue weighted by Gasteiger charge is 2.19. The highest BCUT2D eigenvalue weighted by Crippen LogP contribution is 2.16. The van der Waals surface area contributed by atoms with Gasteiger partial charge in [-0.3, -0.25) is 9.59 Å². The van der Waals surface area contributed by atoms with Crippen LogP contribution in [0.4, 0.5) is 0 Å². The number of benzene rings is 1. The number of nitrogens with one attached hydrogen (secondary N) is 1. The third kappa shape index (κ3) is 5.16. The molecule has 0 bridgehead atoms. The van der Waals surface area contributed by atoms with Crippen molar-refractivity contribution in [2.75, 3.05) is 0 Å². The topological polar surface area (TPSA) is 92.4 Å². The summed E-state index contributed by atoms with van der Waals surface area (Å²) in [6.45, 7) is 1.55. The molecule has 0 aliphatic carbocycles. The lowest BCUT2D eigenvalue weighted by Crippen LogP contribution is -2.40. The summed E-state index contributed by atoms with van der Waals surface area (Å²) in [5, 5.41) is 11.4. The van der Waals surface area contributed by atoms with Gasteiger partial charge in [-0.05, 0) is 12.5 Å². The van der Waals surface area contributed by atoms with Crippen molar-refractivity contribution in [1.29, 1.82) is 0 Å². The van der Waals surface area contributed by atoms with E-state index in [9.17, 15) is 9.59 Å². The van der Waals surface area contributed by atoms with E-state index >= 15 is 0 Å². The minimum absolute atomic E-state index is 0. The number of hydrogen-bond donors (Lipinski definition) is 3. The van der Waals surface area contributed by atoms with E-state index in [0.29, 0.717) is 0 Å². The predicted octanol–water partition coefficient (Wildman–Crippen LogP) is 1.09. The number of carboxylic acids is 1. The molecule has 6 heteroatoms. The van der Waals surface area contributed by atoms with E-state index in [4.69, 9.17) is 10.8 Å². The van der Waals surface area contributed by atoms with Crippen LogP contribution in [0.3, 0.4) is 0 Å². The Hall–Kier alpha value is -1.59. The number of nitrogens with two attached hydrogens (primary N) is 1. The normalized spacial score (nSPS) is 13.0. The smallest absolute Gasteiger partial charge is 0.305 e. The maximum absolute atomic E-state index is 11.5. The Morgan fingerprint density at radius 2 is 1.89 bits per heavy atom. The van der Waals surface area contributed by atoms with Crippen molar-refractivity contribution in [3.05, 3.63) is 35.9 Å². The monoisotopic (exact) mass is 272 g/mol. The molecule has 0 spiro atoms. The summed E-state index contributed by atoms with van der Waals surface area (Å²) in [4.78, 5) is 22.2. The second-order valence-corrected chi connectivity index (χ2v) is 3.86. The van der Waals surface area contributed by atoms with Crippen LogP contribution in [0, 0.1) is 0 Å². The van der Waals surface area contributed by atoms with Gasteiger partial charge in [-0.15, -0.1) is 12.4 Å². The van der Waals surface area contributed by atoms with Gasteiger partial charge in [0.05, 0.1) is 18.5 Å². The first-order valence-corrected chi connectivity index (χ1v) is 5.33. The Morgan fingerprint density at radius 1 is 1.33 bits per heavy atom. The van der Waals surface area contributed by atoms with Crippen LogP contribution in [0.5, 0.6) is 0 Å². The number of amides is 1.